The van der Waals surface area contributed by atoms with Crippen molar-refractivity contribution in [3.63, 3.8) is 0 Å². The second-order valence-electron chi connectivity index (χ2n) is 5.12. The van der Waals surface area contributed by atoms with Crippen molar-refractivity contribution in [3.05, 3.63) is 40.4 Å². The summed E-state index contributed by atoms with van der Waals surface area (Å²) in [4.78, 5) is 23.9. The summed E-state index contributed by atoms with van der Waals surface area (Å²) in [6, 6.07) is 7.35. The molecule has 0 saturated heterocycles. The van der Waals surface area contributed by atoms with Crippen LogP contribution in [0.25, 0.3) is 0 Å². The Morgan fingerprint density at radius 3 is 2.74 bits per heavy atom. The molecule has 122 valence electrons. The van der Waals surface area contributed by atoms with Gasteiger partial charge in [0, 0.05) is 24.9 Å². The summed E-state index contributed by atoms with van der Waals surface area (Å²) < 4.78 is 0. The van der Waals surface area contributed by atoms with Crippen LogP contribution in [-0.2, 0) is 11.2 Å². The van der Waals surface area contributed by atoms with Crippen LogP contribution in [-0.4, -0.2) is 28.6 Å². The summed E-state index contributed by atoms with van der Waals surface area (Å²) in [5.74, 6) is -0.355. The summed E-state index contributed by atoms with van der Waals surface area (Å²) in [5, 5.41) is 14.8. The van der Waals surface area contributed by atoms with E-state index >= 15 is 0 Å². The predicted molar refractivity (Wildman–Crippen MR) is 90.7 cm³/mol. The van der Waals surface area contributed by atoms with E-state index in [0.29, 0.717) is 10.7 Å². The summed E-state index contributed by atoms with van der Waals surface area (Å²) in [7, 11) is 0. The van der Waals surface area contributed by atoms with E-state index in [1.165, 1.54) is 11.3 Å². The van der Waals surface area contributed by atoms with Crippen molar-refractivity contribution in [2.24, 2.45) is 0 Å². The van der Waals surface area contributed by atoms with Gasteiger partial charge >= 0.3 is 0 Å². The van der Waals surface area contributed by atoms with Gasteiger partial charge in [-0.2, -0.15) is 0 Å². The van der Waals surface area contributed by atoms with Gasteiger partial charge in [0.25, 0.3) is 5.91 Å². The van der Waals surface area contributed by atoms with Crippen LogP contribution in [0, 0.1) is 6.92 Å². The van der Waals surface area contributed by atoms with E-state index < -0.39 is 0 Å². The number of rotatable bonds is 7. The fourth-order valence-electron chi connectivity index (χ4n) is 2.01. The molecule has 23 heavy (non-hydrogen) atoms. The molecule has 0 fully saturated rings. The standard InChI is InChI=1S/C16H20N4O2S/c1-3-6-14-19-20-16(23-14)18-13(21)9-10-17-15(22)12-8-5-4-7-11(12)2/h4-5,7-8H,3,6,9-10H2,1-2H3,(H,17,22)(H,18,20,21). The van der Waals surface area contributed by atoms with Gasteiger partial charge in [0.05, 0.1) is 0 Å². The molecule has 1 aromatic carbocycles. The van der Waals surface area contributed by atoms with E-state index in [0.717, 1.165) is 23.4 Å². The topological polar surface area (TPSA) is 84.0 Å². The molecule has 7 heteroatoms. The molecule has 0 radical (unpaired) electrons. The van der Waals surface area contributed by atoms with Gasteiger partial charge in [-0.3, -0.25) is 9.59 Å². The number of benzene rings is 1. The molecule has 0 saturated carbocycles. The van der Waals surface area contributed by atoms with Gasteiger partial charge in [-0.25, -0.2) is 0 Å². The zero-order valence-electron chi connectivity index (χ0n) is 13.3. The Balaban J connectivity index is 1.76. The third-order valence-corrected chi connectivity index (χ3v) is 4.10. The van der Waals surface area contributed by atoms with Crippen molar-refractivity contribution in [2.45, 2.75) is 33.1 Å². The van der Waals surface area contributed by atoms with Gasteiger partial charge in [-0.05, 0) is 25.0 Å². The number of carbonyl (C=O) groups excluding carboxylic acids is 2. The van der Waals surface area contributed by atoms with Crippen LogP contribution in [0.2, 0.25) is 0 Å². The Morgan fingerprint density at radius 1 is 1.22 bits per heavy atom. The zero-order chi connectivity index (χ0) is 16.7. The molecule has 2 N–H and O–H groups in total. The van der Waals surface area contributed by atoms with Crippen LogP contribution in [0.5, 0.6) is 0 Å². The van der Waals surface area contributed by atoms with Crippen molar-refractivity contribution in [2.75, 3.05) is 11.9 Å². The third kappa shape index (κ3) is 5.14. The molecule has 0 aliphatic rings. The minimum absolute atomic E-state index is 0.169. The molecule has 0 bridgehead atoms. The number of hydrogen-bond acceptors (Lipinski definition) is 5. The smallest absolute Gasteiger partial charge is 0.251 e. The van der Waals surface area contributed by atoms with Crippen LogP contribution in [0.15, 0.2) is 24.3 Å². The van der Waals surface area contributed by atoms with Crippen LogP contribution in [0.4, 0.5) is 5.13 Å². The number of hydrogen-bond donors (Lipinski definition) is 2. The minimum Gasteiger partial charge on any atom is -0.352 e. The number of amides is 2. The lowest BCUT2D eigenvalue weighted by Crippen LogP contribution is -2.28. The first-order chi connectivity index (χ1) is 11.1. The van der Waals surface area contributed by atoms with Crippen LogP contribution >= 0.6 is 11.3 Å². The largest absolute Gasteiger partial charge is 0.352 e. The number of aromatic nitrogens is 2. The highest BCUT2D eigenvalue weighted by atomic mass is 32.1. The summed E-state index contributed by atoms with van der Waals surface area (Å²) in [5.41, 5.74) is 1.54. The van der Waals surface area contributed by atoms with Crippen molar-refractivity contribution in [1.29, 1.82) is 0 Å². The number of aryl methyl sites for hydroxylation is 2. The van der Waals surface area contributed by atoms with Gasteiger partial charge in [-0.1, -0.05) is 36.5 Å². The lowest BCUT2D eigenvalue weighted by molar-refractivity contribution is -0.116. The number of carbonyl (C=O) groups is 2. The second-order valence-corrected chi connectivity index (χ2v) is 6.18. The Kier molecular flexibility index (Phi) is 6.22. The molecule has 2 amide bonds. The zero-order valence-corrected chi connectivity index (χ0v) is 14.1. The van der Waals surface area contributed by atoms with Gasteiger partial charge in [-0.15, -0.1) is 10.2 Å². The number of nitrogens with one attached hydrogen (secondary N) is 2. The Labute approximate surface area is 139 Å². The minimum atomic E-state index is -0.186. The Hall–Kier alpha value is -2.28. The lowest BCUT2D eigenvalue weighted by Gasteiger charge is -2.07. The van der Waals surface area contributed by atoms with E-state index in [-0.39, 0.29) is 24.8 Å². The molecule has 0 aliphatic carbocycles. The average Bonchev–Trinajstić information content (AvgIpc) is 2.95. The lowest BCUT2D eigenvalue weighted by atomic mass is 10.1. The van der Waals surface area contributed by atoms with Crippen molar-refractivity contribution in [3.8, 4) is 0 Å². The first-order valence-corrected chi connectivity index (χ1v) is 8.38. The van der Waals surface area contributed by atoms with Crippen LogP contribution in [0.1, 0.15) is 40.7 Å². The maximum absolute atomic E-state index is 12.0. The molecule has 6 nitrogen and oxygen atoms in total. The van der Waals surface area contributed by atoms with E-state index in [1.54, 1.807) is 6.07 Å². The molecule has 0 aliphatic heterocycles. The molecule has 0 spiro atoms. The quantitative estimate of drug-likeness (QED) is 0.816. The van der Waals surface area contributed by atoms with Crippen LogP contribution < -0.4 is 10.6 Å². The fraction of sp³-hybridized carbons (Fsp3) is 0.375. The number of nitrogens with zero attached hydrogens (tertiary/aromatic N) is 2. The highest BCUT2D eigenvalue weighted by Gasteiger charge is 2.10. The SMILES string of the molecule is CCCc1nnc(NC(=O)CCNC(=O)c2ccccc2C)s1. The Bertz CT molecular complexity index is 684. The van der Waals surface area contributed by atoms with E-state index in [9.17, 15) is 9.59 Å². The van der Waals surface area contributed by atoms with Gasteiger partial charge in [0.2, 0.25) is 11.0 Å². The van der Waals surface area contributed by atoms with Gasteiger partial charge in [0.15, 0.2) is 0 Å². The molecule has 0 atom stereocenters. The summed E-state index contributed by atoms with van der Waals surface area (Å²) >= 11 is 1.38. The predicted octanol–water partition coefficient (Wildman–Crippen LogP) is 2.56. The maximum Gasteiger partial charge on any atom is 0.251 e. The first-order valence-electron chi connectivity index (χ1n) is 7.56. The van der Waals surface area contributed by atoms with E-state index in [4.69, 9.17) is 0 Å². The highest BCUT2D eigenvalue weighted by molar-refractivity contribution is 7.15. The second kappa shape index (κ2) is 8.38. The molecule has 0 unspecified atom stereocenters. The van der Waals surface area contributed by atoms with Gasteiger partial charge < -0.3 is 10.6 Å². The third-order valence-electron chi connectivity index (χ3n) is 3.20. The van der Waals surface area contributed by atoms with Crippen molar-refractivity contribution in [1.82, 2.24) is 15.5 Å². The molecular weight excluding hydrogens is 312 g/mol. The summed E-state index contributed by atoms with van der Waals surface area (Å²) in [6.07, 6.45) is 2.05. The number of anilines is 1. The summed E-state index contributed by atoms with van der Waals surface area (Å²) in [6.45, 7) is 4.22. The normalized spacial score (nSPS) is 10.3. The fourth-order valence-corrected chi connectivity index (χ4v) is 2.87. The van der Waals surface area contributed by atoms with Crippen LogP contribution in [0.3, 0.4) is 0 Å². The van der Waals surface area contributed by atoms with Crippen molar-refractivity contribution >= 4 is 28.3 Å². The average molecular weight is 332 g/mol. The molecule has 2 rings (SSSR count). The van der Waals surface area contributed by atoms with Crippen molar-refractivity contribution < 1.29 is 9.59 Å². The van der Waals surface area contributed by atoms with E-state index in [2.05, 4.69) is 27.8 Å². The highest BCUT2D eigenvalue weighted by Crippen LogP contribution is 2.16. The monoisotopic (exact) mass is 332 g/mol. The molecule has 1 aromatic heterocycles. The molecule has 2 aromatic rings. The molecule has 1 heterocycles. The van der Waals surface area contributed by atoms with Gasteiger partial charge in [0.1, 0.15) is 5.01 Å². The Morgan fingerprint density at radius 2 is 2.00 bits per heavy atom. The first kappa shape index (κ1) is 17.1. The van der Waals surface area contributed by atoms with E-state index in [1.807, 2.05) is 25.1 Å². The maximum atomic E-state index is 12.0. The molecular formula is C16H20N4O2S.